The SMILES string of the molecule is C=CCc1oc(N)nc1O. The Bertz CT molecular complexity index is 242. The van der Waals surface area contributed by atoms with E-state index < -0.39 is 0 Å². The molecule has 0 aliphatic carbocycles. The molecule has 1 aromatic rings. The third kappa shape index (κ3) is 1.10. The van der Waals surface area contributed by atoms with Gasteiger partial charge in [0.1, 0.15) is 0 Å². The predicted molar refractivity (Wildman–Crippen MR) is 36.5 cm³/mol. The topological polar surface area (TPSA) is 72.3 Å². The molecule has 0 radical (unpaired) electrons. The smallest absolute Gasteiger partial charge is 0.295 e. The van der Waals surface area contributed by atoms with Gasteiger partial charge in [-0.2, -0.15) is 4.98 Å². The van der Waals surface area contributed by atoms with Gasteiger partial charge in [0.25, 0.3) is 11.9 Å². The minimum atomic E-state index is -0.155. The Morgan fingerprint density at radius 1 is 1.80 bits per heavy atom. The normalized spacial score (nSPS) is 9.60. The zero-order valence-corrected chi connectivity index (χ0v) is 5.37. The van der Waals surface area contributed by atoms with E-state index in [0.717, 1.165) is 0 Å². The fraction of sp³-hybridized carbons (Fsp3) is 0.167. The number of aromatic hydroxyl groups is 1. The summed E-state index contributed by atoms with van der Waals surface area (Å²) in [6.07, 6.45) is 2.04. The highest BCUT2D eigenvalue weighted by Gasteiger charge is 2.06. The summed E-state index contributed by atoms with van der Waals surface area (Å²) < 4.78 is 4.80. The van der Waals surface area contributed by atoms with Crippen molar-refractivity contribution in [2.45, 2.75) is 6.42 Å². The number of anilines is 1. The number of nitrogen functional groups attached to an aromatic ring is 1. The van der Waals surface area contributed by atoms with Gasteiger partial charge in [-0.25, -0.2) is 0 Å². The van der Waals surface area contributed by atoms with Crippen LogP contribution in [-0.2, 0) is 6.42 Å². The first-order valence-corrected chi connectivity index (χ1v) is 2.79. The zero-order chi connectivity index (χ0) is 7.56. The third-order valence-corrected chi connectivity index (χ3v) is 1.02. The second-order valence-corrected chi connectivity index (χ2v) is 1.79. The second kappa shape index (κ2) is 2.43. The lowest BCUT2D eigenvalue weighted by atomic mass is 10.3. The van der Waals surface area contributed by atoms with Gasteiger partial charge in [-0.15, -0.1) is 6.58 Å². The summed E-state index contributed by atoms with van der Waals surface area (Å²) in [6.45, 7) is 3.47. The molecule has 4 nitrogen and oxygen atoms in total. The molecule has 0 aliphatic rings. The van der Waals surface area contributed by atoms with E-state index in [4.69, 9.17) is 15.3 Å². The van der Waals surface area contributed by atoms with Crippen molar-refractivity contribution in [2.75, 3.05) is 5.73 Å². The molecule has 1 aromatic heterocycles. The summed E-state index contributed by atoms with van der Waals surface area (Å²) in [6, 6.07) is -0.0191. The summed E-state index contributed by atoms with van der Waals surface area (Å²) in [4.78, 5) is 3.45. The van der Waals surface area contributed by atoms with Crippen LogP contribution in [0.15, 0.2) is 17.1 Å². The van der Waals surface area contributed by atoms with Gasteiger partial charge in [0.05, 0.1) is 0 Å². The number of hydrogen-bond acceptors (Lipinski definition) is 4. The van der Waals surface area contributed by atoms with Crippen molar-refractivity contribution in [1.82, 2.24) is 4.98 Å². The van der Waals surface area contributed by atoms with E-state index in [9.17, 15) is 0 Å². The van der Waals surface area contributed by atoms with Gasteiger partial charge in [-0.05, 0) is 0 Å². The first-order chi connectivity index (χ1) is 4.74. The van der Waals surface area contributed by atoms with Crippen molar-refractivity contribution in [3.63, 3.8) is 0 Å². The standard InChI is InChI=1S/C6H8N2O2/c1-2-3-4-5(9)8-6(7)10-4/h2,9H,1,3H2,(H2,7,8). The molecule has 0 fully saturated rings. The van der Waals surface area contributed by atoms with Gasteiger partial charge in [0, 0.05) is 6.42 Å². The average molecular weight is 140 g/mol. The molecule has 0 aliphatic heterocycles. The molecule has 4 heteroatoms. The highest BCUT2D eigenvalue weighted by atomic mass is 16.4. The zero-order valence-electron chi connectivity index (χ0n) is 5.37. The molecular weight excluding hydrogens is 132 g/mol. The Balaban J connectivity index is 2.91. The van der Waals surface area contributed by atoms with Crippen LogP contribution < -0.4 is 5.73 Å². The first kappa shape index (κ1) is 6.67. The molecule has 0 atom stereocenters. The molecule has 0 saturated carbocycles. The average Bonchev–Trinajstić information content (AvgIpc) is 2.13. The Kier molecular flexibility index (Phi) is 1.62. The number of allylic oxidation sites excluding steroid dienone is 1. The molecule has 54 valence electrons. The number of hydrogen-bond donors (Lipinski definition) is 2. The van der Waals surface area contributed by atoms with Crippen molar-refractivity contribution in [3.05, 3.63) is 18.4 Å². The van der Waals surface area contributed by atoms with Crippen LogP contribution in [-0.4, -0.2) is 10.1 Å². The predicted octanol–water partition coefficient (Wildman–Crippen LogP) is 0.691. The van der Waals surface area contributed by atoms with Crippen molar-refractivity contribution >= 4 is 6.01 Å². The lowest BCUT2D eigenvalue weighted by Gasteiger charge is -1.85. The minimum Gasteiger partial charge on any atom is -0.491 e. The molecule has 3 N–H and O–H groups in total. The van der Waals surface area contributed by atoms with E-state index in [0.29, 0.717) is 12.2 Å². The molecule has 0 bridgehead atoms. The van der Waals surface area contributed by atoms with E-state index in [2.05, 4.69) is 11.6 Å². The highest BCUT2D eigenvalue weighted by Crippen LogP contribution is 2.18. The molecule has 0 saturated heterocycles. The number of oxazole rings is 1. The lowest BCUT2D eigenvalue weighted by molar-refractivity contribution is 0.432. The maximum atomic E-state index is 8.93. The van der Waals surface area contributed by atoms with E-state index in [-0.39, 0.29) is 11.9 Å². The maximum Gasteiger partial charge on any atom is 0.295 e. The van der Waals surface area contributed by atoms with Crippen molar-refractivity contribution in [3.8, 4) is 5.88 Å². The van der Waals surface area contributed by atoms with Gasteiger partial charge in [-0.1, -0.05) is 6.08 Å². The van der Waals surface area contributed by atoms with Crippen LogP contribution in [0.5, 0.6) is 5.88 Å². The van der Waals surface area contributed by atoms with Gasteiger partial charge in [-0.3, -0.25) is 0 Å². The fourth-order valence-electron chi connectivity index (χ4n) is 0.625. The van der Waals surface area contributed by atoms with Crippen LogP contribution in [0.2, 0.25) is 0 Å². The number of rotatable bonds is 2. The van der Waals surface area contributed by atoms with Crippen LogP contribution in [0.4, 0.5) is 6.01 Å². The number of aromatic nitrogens is 1. The Morgan fingerprint density at radius 3 is 2.90 bits per heavy atom. The van der Waals surface area contributed by atoms with Crippen molar-refractivity contribution in [1.29, 1.82) is 0 Å². The minimum absolute atomic E-state index is 0.0191. The molecule has 1 heterocycles. The molecule has 0 amide bonds. The van der Waals surface area contributed by atoms with Crippen LogP contribution in [0.1, 0.15) is 5.76 Å². The number of nitrogens with zero attached hydrogens (tertiary/aromatic N) is 1. The Morgan fingerprint density at radius 2 is 2.50 bits per heavy atom. The van der Waals surface area contributed by atoms with Gasteiger partial charge in [0.2, 0.25) is 0 Å². The maximum absolute atomic E-state index is 8.93. The Labute approximate surface area is 58.0 Å². The molecule has 1 rings (SSSR count). The lowest BCUT2D eigenvalue weighted by Crippen LogP contribution is -1.80. The molecule has 0 unspecified atom stereocenters. The van der Waals surface area contributed by atoms with Crippen LogP contribution in [0, 0.1) is 0 Å². The quantitative estimate of drug-likeness (QED) is 0.593. The summed E-state index contributed by atoms with van der Waals surface area (Å²) in [5.74, 6) is 0.199. The summed E-state index contributed by atoms with van der Waals surface area (Å²) in [5.41, 5.74) is 5.14. The highest BCUT2D eigenvalue weighted by molar-refractivity contribution is 5.24. The fourth-order valence-corrected chi connectivity index (χ4v) is 0.625. The Hall–Kier alpha value is -1.45. The monoisotopic (exact) mass is 140 g/mol. The van der Waals surface area contributed by atoms with E-state index in [1.165, 1.54) is 0 Å². The van der Waals surface area contributed by atoms with E-state index in [1.54, 1.807) is 6.08 Å². The molecule has 0 aromatic carbocycles. The summed E-state index contributed by atoms with van der Waals surface area (Å²) in [5, 5.41) is 8.93. The third-order valence-electron chi connectivity index (χ3n) is 1.02. The summed E-state index contributed by atoms with van der Waals surface area (Å²) in [7, 11) is 0. The first-order valence-electron chi connectivity index (χ1n) is 2.79. The van der Waals surface area contributed by atoms with Crippen LogP contribution in [0.25, 0.3) is 0 Å². The van der Waals surface area contributed by atoms with Gasteiger partial charge < -0.3 is 15.3 Å². The van der Waals surface area contributed by atoms with Gasteiger partial charge >= 0.3 is 0 Å². The van der Waals surface area contributed by atoms with E-state index >= 15 is 0 Å². The van der Waals surface area contributed by atoms with Gasteiger partial charge in [0.15, 0.2) is 5.76 Å². The summed E-state index contributed by atoms with van der Waals surface area (Å²) >= 11 is 0. The molecule has 0 spiro atoms. The van der Waals surface area contributed by atoms with Crippen LogP contribution >= 0.6 is 0 Å². The second-order valence-electron chi connectivity index (χ2n) is 1.79. The molecular formula is C6H8N2O2. The number of nitrogens with two attached hydrogens (primary N) is 1. The molecule has 10 heavy (non-hydrogen) atoms. The van der Waals surface area contributed by atoms with E-state index in [1.807, 2.05) is 0 Å². The van der Waals surface area contributed by atoms with Crippen molar-refractivity contribution < 1.29 is 9.52 Å². The largest absolute Gasteiger partial charge is 0.491 e. The van der Waals surface area contributed by atoms with Crippen molar-refractivity contribution in [2.24, 2.45) is 0 Å². The van der Waals surface area contributed by atoms with Crippen LogP contribution in [0.3, 0.4) is 0 Å².